The molecule has 0 spiro atoms. The molecule has 0 radical (unpaired) electrons. The van der Waals surface area contributed by atoms with E-state index in [1.807, 2.05) is 48.2 Å². The molecule has 0 atom stereocenters. The summed E-state index contributed by atoms with van der Waals surface area (Å²) < 4.78 is 1.05. The average molecular weight is 368 g/mol. The van der Waals surface area contributed by atoms with Crippen LogP contribution in [-0.4, -0.2) is 58.7 Å². The number of piperazine rings is 1. The van der Waals surface area contributed by atoms with E-state index >= 15 is 0 Å². The zero-order valence-corrected chi connectivity index (χ0v) is 15.4. The smallest absolute Gasteiger partial charge is 0.282 e. The summed E-state index contributed by atoms with van der Waals surface area (Å²) in [6, 6.07) is 11.8. The molecule has 4 rings (SSSR count). The second-order valence-corrected chi connectivity index (χ2v) is 7.10. The maximum atomic E-state index is 12.7. The topological polar surface area (TPSA) is 74.2 Å². The fourth-order valence-electron chi connectivity index (χ4n) is 3.01. The molecule has 1 aromatic carbocycles. The predicted octanol–water partition coefficient (Wildman–Crippen LogP) is 2.48. The van der Waals surface area contributed by atoms with Crippen molar-refractivity contribution in [3.63, 3.8) is 0 Å². The lowest BCUT2D eigenvalue weighted by atomic mass is 10.3. The van der Waals surface area contributed by atoms with Crippen molar-refractivity contribution in [1.82, 2.24) is 20.1 Å². The van der Waals surface area contributed by atoms with Gasteiger partial charge in [-0.1, -0.05) is 12.1 Å². The number of carbonyl (C=O) groups is 1. The molecule has 26 heavy (non-hydrogen) atoms. The Morgan fingerprint density at radius 3 is 2.62 bits per heavy atom. The number of benzene rings is 1. The predicted molar refractivity (Wildman–Crippen MR) is 104 cm³/mol. The summed E-state index contributed by atoms with van der Waals surface area (Å²) in [5.74, 6) is 1.64. The Balaban J connectivity index is 1.40. The minimum absolute atomic E-state index is 0.0134. The van der Waals surface area contributed by atoms with Crippen molar-refractivity contribution >= 4 is 39.1 Å². The van der Waals surface area contributed by atoms with E-state index in [2.05, 4.69) is 25.4 Å². The molecule has 1 aliphatic heterocycles. The summed E-state index contributed by atoms with van der Waals surface area (Å²) in [7, 11) is 0. The van der Waals surface area contributed by atoms with Crippen LogP contribution < -0.4 is 10.2 Å². The van der Waals surface area contributed by atoms with Crippen LogP contribution in [0, 0.1) is 0 Å². The van der Waals surface area contributed by atoms with Crippen molar-refractivity contribution < 1.29 is 4.79 Å². The molecule has 2 aromatic heterocycles. The van der Waals surface area contributed by atoms with E-state index in [0.717, 1.165) is 41.5 Å². The van der Waals surface area contributed by atoms with Gasteiger partial charge in [-0.2, -0.15) is 0 Å². The number of hydrogen-bond donors (Lipinski definition) is 1. The Labute approximate surface area is 155 Å². The first-order valence-electron chi connectivity index (χ1n) is 8.72. The number of rotatable bonds is 4. The number of hydrogen-bond acceptors (Lipinski definition) is 7. The third-order valence-corrected chi connectivity index (χ3v) is 5.40. The second kappa shape index (κ2) is 7.25. The Hall–Kier alpha value is -2.74. The van der Waals surface area contributed by atoms with Gasteiger partial charge in [0.25, 0.3) is 5.91 Å². The molecule has 0 unspecified atom stereocenters. The molecule has 1 aliphatic rings. The molecule has 1 N–H and O–H groups in total. The molecule has 134 valence electrons. The van der Waals surface area contributed by atoms with E-state index in [-0.39, 0.29) is 5.91 Å². The third kappa shape index (κ3) is 3.32. The molecular weight excluding hydrogens is 348 g/mol. The normalized spacial score (nSPS) is 14.7. The van der Waals surface area contributed by atoms with Gasteiger partial charge in [-0.05, 0) is 31.2 Å². The molecule has 8 heteroatoms. The summed E-state index contributed by atoms with van der Waals surface area (Å²) in [5, 5.41) is 12.2. The maximum absolute atomic E-state index is 12.7. The Morgan fingerprint density at radius 2 is 1.92 bits per heavy atom. The summed E-state index contributed by atoms with van der Waals surface area (Å²) in [5.41, 5.74) is 0.885. The number of amides is 1. The van der Waals surface area contributed by atoms with Gasteiger partial charge in [0.1, 0.15) is 5.82 Å². The van der Waals surface area contributed by atoms with E-state index < -0.39 is 0 Å². The van der Waals surface area contributed by atoms with Gasteiger partial charge < -0.3 is 15.1 Å². The number of para-hydroxylation sites is 1. The highest BCUT2D eigenvalue weighted by atomic mass is 32.1. The minimum Gasteiger partial charge on any atom is -0.369 e. The Morgan fingerprint density at radius 1 is 1.12 bits per heavy atom. The Bertz CT molecular complexity index is 868. The number of aromatic nitrogens is 3. The van der Waals surface area contributed by atoms with Crippen LogP contribution in [0.3, 0.4) is 0 Å². The van der Waals surface area contributed by atoms with Crippen LogP contribution >= 0.6 is 11.3 Å². The van der Waals surface area contributed by atoms with E-state index in [1.54, 1.807) is 0 Å². The number of fused-ring (bicyclic) bond motifs is 1. The number of carbonyl (C=O) groups excluding carboxylic acids is 1. The van der Waals surface area contributed by atoms with E-state index in [0.29, 0.717) is 18.1 Å². The molecule has 3 aromatic rings. The summed E-state index contributed by atoms with van der Waals surface area (Å²) >= 11 is 1.46. The lowest BCUT2D eigenvalue weighted by Crippen LogP contribution is -2.49. The zero-order valence-electron chi connectivity index (χ0n) is 14.6. The van der Waals surface area contributed by atoms with Crippen molar-refractivity contribution in [2.75, 3.05) is 42.9 Å². The first-order valence-corrected chi connectivity index (χ1v) is 9.53. The first-order chi connectivity index (χ1) is 12.7. The van der Waals surface area contributed by atoms with Crippen molar-refractivity contribution in [2.45, 2.75) is 6.92 Å². The number of nitrogens with one attached hydrogen (secondary N) is 1. The monoisotopic (exact) mass is 368 g/mol. The van der Waals surface area contributed by atoms with Crippen molar-refractivity contribution in [1.29, 1.82) is 0 Å². The fraction of sp³-hybridized carbons (Fsp3) is 0.333. The summed E-state index contributed by atoms with van der Waals surface area (Å²) in [6.07, 6.45) is 0. The lowest BCUT2D eigenvalue weighted by Gasteiger charge is -2.34. The molecular formula is C18H20N6OS. The van der Waals surface area contributed by atoms with Gasteiger partial charge in [0, 0.05) is 32.7 Å². The van der Waals surface area contributed by atoms with Gasteiger partial charge >= 0.3 is 0 Å². The van der Waals surface area contributed by atoms with Gasteiger partial charge in [-0.25, -0.2) is 4.98 Å². The lowest BCUT2D eigenvalue weighted by molar-refractivity contribution is 0.0746. The van der Waals surface area contributed by atoms with E-state index in [4.69, 9.17) is 0 Å². The number of thiazole rings is 1. The SMILES string of the molecule is CCNc1ccc(N2CCN(C(=O)c3nc4ccccc4s3)CC2)nn1. The number of nitrogens with zero attached hydrogens (tertiary/aromatic N) is 5. The molecule has 7 nitrogen and oxygen atoms in total. The highest BCUT2D eigenvalue weighted by Gasteiger charge is 2.25. The van der Waals surface area contributed by atoms with Crippen LogP contribution in [0.25, 0.3) is 10.2 Å². The molecule has 3 heterocycles. The fourth-order valence-corrected chi connectivity index (χ4v) is 3.94. The average Bonchev–Trinajstić information content (AvgIpc) is 3.13. The standard InChI is InChI=1S/C18H20N6OS/c1-2-19-15-7-8-16(22-21-15)23-9-11-24(12-10-23)18(25)17-20-13-5-3-4-6-14(13)26-17/h3-8H,2,9-12H2,1H3,(H,19,21). The molecule has 1 fully saturated rings. The van der Waals surface area contributed by atoms with Crippen LogP contribution in [0.4, 0.5) is 11.6 Å². The van der Waals surface area contributed by atoms with Gasteiger partial charge in [0.2, 0.25) is 0 Å². The third-order valence-electron chi connectivity index (χ3n) is 4.38. The summed E-state index contributed by atoms with van der Waals surface area (Å²) in [4.78, 5) is 21.3. The van der Waals surface area contributed by atoms with Crippen LogP contribution in [0.5, 0.6) is 0 Å². The van der Waals surface area contributed by atoms with E-state index in [9.17, 15) is 4.79 Å². The van der Waals surface area contributed by atoms with Crippen LogP contribution in [0.15, 0.2) is 36.4 Å². The van der Waals surface area contributed by atoms with Crippen LogP contribution in [0.1, 0.15) is 16.7 Å². The molecule has 0 bridgehead atoms. The zero-order chi connectivity index (χ0) is 17.9. The van der Waals surface area contributed by atoms with Crippen molar-refractivity contribution in [2.24, 2.45) is 0 Å². The highest BCUT2D eigenvalue weighted by molar-refractivity contribution is 7.20. The molecule has 1 saturated heterocycles. The van der Waals surface area contributed by atoms with Gasteiger partial charge in [-0.15, -0.1) is 21.5 Å². The van der Waals surface area contributed by atoms with Crippen molar-refractivity contribution in [3.05, 3.63) is 41.4 Å². The van der Waals surface area contributed by atoms with Crippen LogP contribution in [0.2, 0.25) is 0 Å². The number of anilines is 2. The van der Waals surface area contributed by atoms with Gasteiger partial charge in [-0.3, -0.25) is 4.79 Å². The molecule has 1 amide bonds. The highest BCUT2D eigenvalue weighted by Crippen LogP contribution is 2.23. The van der Waals surface area contributed by atoms with Gasteiger partial charge in [0.05, 0.1) is 10.2 Å². The Kier molecular flexibility index (Phi) is 4.66. The largest absolute Gasteiger partial charge is 0.369 e. The first kappa shape index (κ1) is 16.7. The molecule has 0 saturated carbocycles. The van der Waals surface area contributed by atoms with Gasteiger partial charge in [0.15, 0.2) is 10.8 Å². The molecule has 0 aliphatic carbocycles. The maximum Gasteiger partial charge on any atom is 0.282 e. The van der Waals surface area contributed by atoms with Crippen LogP contribution in [-0.2, 0) is 0 Å². The summed E-state index contributed by atoms with van der Waals surface area (Å²) in [6.45, 7) is 5.65. The second-order valence-electron chi connectivity index (χ2n) is 6.07. The van der Waals surface area contributed by atoms with E-state index in [1.165, 1.54) is 11.3 Å². The quantitative estimate of drug-likeness (QED) is 0.763. The minimum atomic E-state index is 0.0134. The van der Waals surface area contributed by atoms with Crippen molar-refractivity contribution in [3.8, 4) is 0 Å².